The molecule has 0 spiro atoms. The van der Waals surface area contributed by atoms with E-state index in [0.29, 0.717) is 32.1 Å². The quantitative estimate of drug-likeness (QED) is 0.772. The molecule has 2 fully saturated rings. The lowest BCUT2D eigenvalue weighted by Crippen LogP contribution is -2.49. The fourth-order valence-electron chi connectivity index (χ4n) is 3.74. The normalized spacial score (nSPS) is 18.5. The Kier molecular flexibility index (Phi) is 5.14. The Morgan fingerprint density at radius 1 is 1.00 bits per heavy atom. The van der Waals surface area contributed by atoms with Gasteiger partial charge in [-0.15, -0.1) is 0 Å². The third-order valence-corrected chi connectivity index (χ3v) is 6.96. The molecule has 1 saturated carbocycles. The van der Waals surface area contributed by atoms with Crippen LogP contribution in [0, 0.1) is 13.8 Å². The molecule has 1 aromatic heterocycles. The van der Waals surface area contributed by atoms with Gasteiger partial charge in [0.2, 0.25) is 10.0 Å². The van der Waals surface area contributed by atoms with Crippen LogP contribution >= 0.6 is 0 Å². The summed E-state index contributed by atoms with van der Waals surface area (Å²) < 4.78 is 25.3. The van der Waals surface area contributed by atoms with E-state index in [4.69, 9.17) is 9.97 Å². The predicted octanol–water partition coefficient (Wildman–Crippen LogP) is 2.64. The summed E-state index contributed by atoms with van der Waals surface area (Å²) in [6.07, 6.45) is 4.40. The van der Waals surface area contributed by atoms with Crippen molar-refractivity contribution in [3.8, 4) is 0 Å². The van der Waals surface area contributed by atoms with Gasteiger partial charge in [0.1, 0.15) is 11.6 Å². The lowest BCUT2D eigenvalue weighted by molar-refractivity contribution is 0.386. The molecule has 1 aliphatic heterocycles. The molecule has 2 heterocycles. The highest BCUT2D eigenvalue weighted by Crippen LogP contribution is 2.39. The summed E-state index contributed by atoms with van der Waals surface area (Å²) in [6, 6.07) is 8.59. The number of rotatable bonds is 5. The van der Waals surface area contributed by atoms with Gasteiger partial charge in [0.15, 0.2) is 0 Å². The van der Waals surface area contributed by atoms with Gasteiger partial charge in [0.05, 0.1) is 6.26 Å². The van der Waals surface area contributed by atoms with Crippen molar-refractivity contribution in [1.82, 2.24) is 14.3 Å². The van der Waals surface area contributed by atoms with E-state index in [1.807, 2.05) is 0 Å². The van der Waals surface area contributed by atoms with Gasteiger partial charge in [-0.05, 0) is 32.3 Å². The topological polar surface area (TPSA) is 66.4 Å². The van der Waals surface area contributed by atoms with Gasteiger partial charge in [-0.1, -0.05) is 29.8 Å². The zero-order chi connectivity index (χ0) is 19.9. The Morgan fingerprint density at radius 3 is 2.21 bits per heavy atom. The average Bonchev–Trinajstić information content (AvgIpc) is 3.49. The van der Waals surface area contributed by atoms with E-state index in [9.17, 15) is 8.42 Å². The van der Waals surface area contributed by atoms with Crippen LogP contribution < -0.4 is 4.90 Å². The van der Waals surface area contributed by atoms with Gasteiger partial charge in [-0.25, -0.2) is 18.4 Å². The van der Waals surface area contributed by atoms with Crippen molar-refractivity contribution >= 4 is 15.8 Å². The minimum atomic E-state index is -3.14. The van der Waals surface area contributed by atoms with E-state index in [1.54, 1.807) is 4.31 Å². The first kappa shape index (κ1) is 19.3. The second-order valence-corrected chi connectivity index (χ2v) is 10.0. The van der Waals surface area contributed by atoms with Crippen LogP contribution in [0.2, 0.25) is 0 Å². The van der Waals surface area contributed by atoms with Crippen LogP contribution in [0.4, 0.5) is 5.82 Å². The number of nitrogens with zero attached hydrogens (tertiary/aromatic N) is 4. The van der Waals surface area contributed by atoms with Gasteiger partial charge in [-0.3, -0.25) is 0 Å². The number of hydrogen-bond donors (Lipinski definition) is 0. The van der Waals surface area contributed by atoms with E-state index >= 15 is 0 Å². The zero-order valence-corrected chi connectivity index (χ0v) is 17.7. The number of hydrogen-bond acceptors (Lipinski definition) is 5. The molecule has 0 radical (unpaired) electrons. The number of benzene rings is 1. The molecule has 1 aliphatic carbocycles. The largest absolute Gasteiger partial charge is 0.354 e. The van der Waals surface area contributed by atoms with Gasteiger partial charge in [0.25, 0.3) is 0 Å². The maximum absolute atomic E-state index is 11.9. The van der Waals surface area contributed by atoms with Crippen molar-refractivity contribution in [1.29, 1.82) is 0 Å². The Bertz CT molecular complexity index is 961. The van der Waals surface area contributed by atoms with Crippen LogP contribution in [0.5, 0.6) is 0 Å². The molecule has 6 nitrogen and oxygen atoms in total. The molecule has 1 aromatic carbocycles. The summed E-state index contributed by atoms with van der Waals surface area (Å²) in [5.74, 6) is 2.43. The summed E-state index contributed by atoms with van der Waals surface area (Å²) in [4.78, 5) is 12.0. The Labute approximate surface area is 167 Å². The minimum absolute atomic E-state index is 0.489. The Hall–Kier alpha value is -1.99. The predicted molar refractivity (Wildman–Crippen MR) is 111 cm³/mol. The Balaban J connectivity index is 1.65. The zero-order valence-electron chi connectivity index (χ0n) is 16.9. The minimum Gasteiger partial charge on any atom is -0.354 e. The molecule has 0 atom stereocenters. The molecule has 28 heavy (non-hydrogen) atoms. The van der Waals surface area contributed by atoms with Gasteiger partial charge < -0.3 is 4.90 Å². The fraction of sp³-hybridized carbons (Fsp3) is 0.524. The standard InChI is InChI=1S/C21H28N4O2S/c1-15-4-6-17(7-5-15)14-19-16(2)22-20(18-8-9-18)23-21(19)24-10-12-25(13-11-24)28(3,26)27/h4-7,18H,8-14H2,1-3H3. The maximum Gasteiger partial charge on any atom is 0.211 e. The maximum atomic E-state index is 11.9. The highest BCUT2D eigenvalue weighted by molar-refractivity contribution is 7.88. The first-order valence-electron chi connectivity index (χ1n) is 9.94. The molecule has 0 unspecified atom stereocenters. The second kappa shape index (κ2) is 7.44. The van der Waals surface area contributed by atoms with Crippen molar-refractivity contribution in [3.63, 3.8) is 0 Å². The van der Waals surface area contributed by atoms with Gasteiger partial charge >= 0.3 is 0 Å². The van der Waals surface area contributed by atoms with Gasteiger partial charge in [0, 0.05) is 49.8 Å². The van der Waals surface area contributed by atoms with Crippen molar-refractivity contribution in [2.45, 2.75) is 39.0 Å². The first-order valence-corrected chi connectivity index (χ1v) is 11.8. The number of piperazine rings is 1. The van der Waals surface area contributed by atoms with Crippen LogP contribution in [-0.2, 0) is 16.4 Å². The Morgan fingerprint density at radius 2 is 1.64 bits per heavy atom. The second-order valence-electron chi connectivity index (χ2n) is 8.06. The summed E-state index contributed by atoms with van der Waals surface area (Å²) in [6.45, 7) is 6.50. The average molecular weight is 401 g/mol. The highest BCUT2D eigenvalue weighted by Gasteiger charge is 2.31. The summed E-state index contributed by atoms with van der Waals surface area (Å²) >= 11 is 0. The van der Waals surface area contributed by atoms with Crippen molar-refractivity contribution in [3.05, 3.63) is 52.5 Å². The van der Waals surface area contributed by atoms with Crippen LogP contribution in [0.1, 0.15) is 47.0 Å². The SMILES string of the molecule is Cc1ccc(Cc2c(C)nc(C3CC3)nc2N2CCN(S(C)(=O)=O)CC2)cc1. The number of anilines is 1. The molecule has 0 bridgehead atoms. The van der Waals surface area contributed by atoms with Crippen molar-refractivity contribution in [2.75, 3.05) is 37.3 Å². The van der Waals surface area contributed by atoms with E-state index in [-0.39, 0.29) is 0 Å². The molecule has 0 N–H and O–H groups in total. The molecule has 2 aliphatic rings. The molecular formula is C21H28N4O2S. The van der Waals surface area contributed by atoms with Crippen LogP contribution in [-0.4, -0.2) is 55.1 Å². The summed E-state index contributed by atoms with van der Waals surface area (Å²) in [5.41, 5.74) is 4.68. The third-order valence-electron chi connectivity index (χ3n) is 5.66. The van der Waals surface area contributed by atoms with E-state index in [1.165, 1.54) is 17.4 Å². The van der Waals surface area contributed by atoms with Crippen molar-refractivity contribution < 1.29 is 8.42 Å². The summed E-state index contributed by atoms with van der Waals surface area (Å²) in [5, 5.41) is 0. The first-order chi connectivity index (χ1) is 13.3. The highest BCUT2D eigenvalue weighted by atomic mass is 32.2. The molecule has 0 amide bonds. The lowest BCUT2D eigenvalue weighted by atomic mass is 10.0. The van der Waals surface area contributed by atoms with Gasteiger partial charge in [-0.2, -0.15) is 4.31 Å². The number of sulfonamides is 1. The smallest absolute Gasteiger partial charge is 0.211 e. The molecule has 7 heteroatoms. The number of aromatic nitrogens is 2. The molecular weight excluding hydrogens is 372 g/mol. The van der Waals surface area contributed by atoms with E-state index in [2.05, 4.69) is 43.0 Å². The molecule has 1 saturated heterocycles. The third kappa shape index (κ3) is 4.20. The lowest BCUT2D eigenvalue weighted by Gasteiger charge is -2.35. The summed E-state index contributed by atoms with van der Waals surface area (Å²) in [7, 11) is -3.14. The van der Waals surface area contributed by atoms with Crippen LogP contribution in [0.15, 0.2) is 24.3 Å². The van der Waals surface area contributed by atoms with Crippen molar-refractivity contribution in [2.24, 2.45) is 0 Å². The molecule has 4 rings (SSSR count). The van der Waals surface area contributed by atoms with E-state index < -0.39 is 10.0 Å². The molecule has 150 valence electrons. The molecule has 2 aromatic rings. The van der Waals surface area contributed by atoms with Crippen LogP contribution in [0.3, 0.4) is 0 Å². The monoisotopic (exact) mass is 400 g/mol. The number of aryl methyl sites for hydroxylation is 2. The van der Waals surface area contributed by atoms with Crippen LogP contribution in [0.25, 0.3) is 0 Å². The van der Waals surface area contributed by atoms with E-state index in [0.717, 1.165) is 42.2 Å². The fourth-order valence-corrected chi connectivity index (χ4v) is 4.56.